The molecular weight excluding hydrogens is 248 g/mol. The maximum Gasteiger partial charge on any atom is 0.320 e. The normalized spacial score (nSPS) is 20.3. The zero-order chi connectivity index (χ0) is 13.8. The maximum absolute atomic E-state index is 11.0. The number of carboxylic acid groups (broad SMARTS) is 1. The third kappa shape index (κ3) is 2.97. The van der Waals surface area contributed by atoms with Gasteiger partial charge in [0.15, 0.2) is 0 Å². The van der Waals surface area contributed by atoms with Crippen molar-refractivity contribution in [1.29, 1.82) is 0 Å². The molecule has 0 saturated carbocycles. The van der Waals surface area contributed by atoms with Crippen LogP contribution in [0.5, 0.6) is 0 Å². The predicted octanol–water partition coefficient (Wildman–Crippen LogP) is 0.644. The minimum atomic E-state index is -0.720. The van der Waals surface area contributed by atoms with Gasteiger partial charge in [0.1, 0.15) is 6.04 Å². The summed E-state index contributed by atoms with van der Waals surface area (Å²) in [6.07, 6.45) is 1.78. The first-order valence-corrected chi connectivity index (χ1v) is 6.00. The number of anilines is 1. The van der Waals surface area contributed by atoms with Crippen molar-refractivity contribution in [3.05, 3.63) is 29.8 Å². The van der Waals surface area contributed by atoms with Crippen molar-refractivity contribution in [2.24, 2.45) is 0 Å². The number of fused-ring (bicyclic) bond motifs is 1. The van der Waals surface area contributed by atoms with Crippen LogP contribution >= 0.6 is 0 Å². The Bertz CT molecular complexity index is 521. The lowest BCUT2D eigenvalue weighted by molar-refractivity contribution is -0.139. The summed E-state index contributed by atoms with van der Waals surface area (Å²) in [5.41, 5.74) is 1.08. The molecule has 19 heavy (non-hydrogen) atoms. The first-order chi connectivity index (χ1) is 9.09. The van der Waals surface area contributed by atoms with Gasteiger partial charge in [-0.15, -0.1) is 0 Å². The minimum absolute atomic E-state index is 0.269. The average Bonchev–Trinajstić information content (AvgIpc) is 3.01. The highest BCUT2D eigenvalue weighted by atomic mass is 16.4. The molecule has 6 heteroatoms. The number of carboxylic acids is 1. The van der Waals surface area contributed by atoms with E-state index in [0.717, 1.165) is 19.4 Å². The summed E-state index contributed by atoms with van der Waals surface area (Å²) in [6, 6.07) is 6.58. The van der Waals surface area contributed by atoms with Crippen molar-refractivity contribution >= 4 is 23.3 Å². The molecule has 3 rings (SSSR count). The van der Waals surface area contributed by atoms with E-state index in [1.54, 1.807) is 24.3 Å². The number of nitrogens with one attached hydrogen (secondary N) is 2. The highest BCUT2D eigenvalue weighted by molar-refractivity contribution is 6.51. The molecule has 1 fully saturated rings. The zero-order valence-electron chi connectivity index (χ0n) is 10.2. The van der Waals surface area contributed by atoms with Crippen LogP contribution in [0, 0.1) is 0 Å². The lowest BCUT2D eigenvalue weighted by Gasteiger charge is -1.99. The first kappa shape index (κ1) is 13.2. The van der Waals surface area contributed by atoms with Gasteiger partial charge in [-0.05, 0) is 31.5 Å². The third-order valence-corrected chi connectivity index (χ3v) is 2.98. The number of aliphatic carboxylic acids is 1. The molecule has 2 heterocycles. The van der Waals surface area contributed by atoms with Crippen molar-refractivity contribution in [3.8, 4) is 0 Å². The van der Waals surface area contributed by atoms with Gasteiger partial charge in [0.25, 0.3) is 11.7 Å². The van der Waals surface area contributed by atoms with Gasteiger partial charge in [0.2, 0.25) is 0 Å². The van der Waals surface area contributed by atoms with E-state index in [4.69, 9.17) is 5.11 Å². The molecule has 0 bridgehead atoms. The number of carbonyl (C=O) groups excluding carboxylic acids is 2. The second kappa shape index (κ2) is 5.62. The van der Waals surface area contributed by atoms with Crippen LogP contribution in [0.4, 0.5) is 5.69 Å². The Hall–Kier alpha value is -2.21. The summed E-state index contributed by atoms with van der Waals surface area (Å²) in [5, 5.41) is 13.7. The van der Waals surface area contributed by atoms with Crippen molar-refractivity contribution in [2.45, 2.75) is 18.9 Å². The van der Waals surface area contributed by atoms with Crippen LogP contribution < -0.4 is 10.6 Å². The Labute approximate surface area is 109 Å². The first-order valence-electron chi connectivity index (χ1n) is 6.00. The van der Waals surface area contributed by atoms with Gasteiger partial charge in [-0.1, -0.05) is 12.1 Å². The van der Waals surface area contributed by atoms with E-state index in [0.29, 0.717) is 11.3 Å². The third-order valence-electron chi connectivity index (χ3n) is 2.98. The van der Waals surface area contributed by atoms with Gasteiger partial charge >= 0.3 is 5.97 Å². The highest BCUT2D eigenvalue weighted by Gasteiger charge is 2.26. The van der Waals surface area contributed by atoms with Crippen molar-refractivity contribution in [1.82, 2.24) is 5.32 Å². The Morgan fingerprint density at radius 3 is 2.53 bits per heavy atom. The number of para-hydroxylation sites is 1. The van der Waals surface area contributed by atoms with E-state index in [1.165, 1.54) is 0 Å². The molecule has 1 atom stereocenters. The van der Waals surface area contributed by atoms with Crippen LogP contribution in [0.3, 0.4) is 0 Å². The van der Waals surface area contributed by atoms with Gasteiger partial charge in [0, 0.05) is 0 Å². The lowest BCUT2D eigenvalue weighted by Crippen LogP contribution is -2.29. The molecule has 0 aromatic heterocycles. The Balaban J connectivity index is 0.000000148. The number of carbonyl (C=O) groups is 3. The van der Waals surface area contributed by atoms with E-state index in [-0.39, 0.29) is 6.04 Å². The number of benzene rings is 1. The van der Waals surface area contributed by atoms with E-state index >= 15 is 0 Å². The number of hydrogen-bond acceptors (Lipinski definition) is 4. The Morgan fingerprint density at radius 1 is 1.26 bits per heavy atom. The van der Waals surface area contributed by atoms with Crippen LogP contribution in [-0.2, 0) is 9.59 Å². The van der Waals surface area contributed by atoms with Crippen LogP contribution in [-0.4, -0.2) is 35.4 Å². The molecule has 1 saturated heterocycles. The molecule has 2 aliphatic rings. The number of hydrogen-bond donors (Lipinski definition) is 3. The molecule has 3 N–H and O–H groups in total. The summed E-state index contributed by atoms with van der Waals surface area (Å²) in [4.78, 5) is 31.9. The maximum atomic E-state index is 11.0. The summed E-state index contributed by atoms with van der Waals surface area (Å²) >= 11 is 0. The monoisotopic (exact) mass is 262 g/mol. The van der Waals surface area contributed by atoms with Gasteiger partial charge in [0.05, 0.1) is 11.3 Å². The summed E-state index contributed by atoms with van der Waals surface area (Å²) in [6.45, 7) is 0.858. The smallest absolute Gasteiger partial charge is 0.320 e. The summed E-state index contributed by atoms with van der Waals surface area (Å²) in [5.74, 6) is -1.70. The van der Waals surface area contributed by atoms with Gasteiger partial charge in [-0.25, -0.2) is 0 Å². The van der Waals surface area contributed by atoms with Crippen molar-refractivity contribution < 1.29 is 19.5 Å². The van der Waals surface area contributed by atoms with E-state index in [1.807, 2.05) is 0 Å². The SMILES string of the molecule is O=C(O)[C@@H]1CCCN1.O=C1Nc2ccccc2C1=O. The molecule has 0 aliphatic carbocycles. The van der Waals surface area contributed by atoms with Crippen LogP contribution in [0.25, 0.3) is 0 Å². The molecule has 1 amide bonds. The second-order valence-corrected chi connectivity index (χ2v) is 4.32. The van der Waals surface area contributed by atoms with Gasteiger partial charge < -0.3 is 15.7 Å². The van der Waals surface area contributed by atoms with E-state index in [9.17, 15) is 14.4 Å². The Kier molecular flexibility index (Phi) is 3.91. The molecule has 6 nitrogen and oxygen atoms in total. The van der Waals surface area contributed by atoms with Crippen LogP contribution in [0.15, 0.2) is 24.3 Å². The molecular formula is C13H14N2O4. The molecule has 100 valence electrons. The second-order valence-electron chi connectivity index (χ2n) is 4.32. The molecule has 0 unspecified atom stereocenters. The molecule has 2 aliphatic heterocycles. The number of amides is 1. The predicted molar refractivity (Wildman–Crippen MR) is 68.1 cm³/mol. The van der Waals surface area contributed by atoms with Crippen molar-refractivity contribution in [3.63, 3.8) is 0 Å². The fourth-order valence-electron chi connectivity index (χ4n) is 1.99. The summed E-state index contributed by atoms with van der Waals surface area (Å²) in [7, 11) is 0. The van der Waals surface area contributed by atoms with Crippen LogP contribution in [0.2, 0.25) is 0 Å². The molecule has 1 aromatic rings. The average molecular weight is 262 g/mol. The largest absolute Gasteiger partial charge is 0.480 e. The van der Waals surface area contributed by atoms with E-state index in [2.05, 4.69) is 10.6 Å². The molecule has 1 aromatic carbocycles. The standard InChI is InChI=1S/C8H5NO2.C5H9NO2/c10-7-5-3-1-2-4-6(5)9-8(7)11;7-5(8)4-2-1-3-6-4/h1-4H,(H,9,10,11);4,6H,1-3H2,(H,7,8)/t;4-/m.0/s1. The molecule has 0 radical (unpaired) electrons. The fraction of sp³-hybridized carbons (Fsp3) is 0.308. The number of Topliss-reactive ketones (excluding diaryl/α,β-unsaturated/α-hetero) is 1. The van der Waals surface area contributed by atoms with E-state index < -0.39 is 17.7 Å². The van der Waals surface area contributed by atoms with Crippen molar-refractivity contribution in [2.75, 3.05) is 11.9 Å². The minimum Gasteiger partial charge on any atom is -0.480 e. The Morgan fingerprint density at radius 2 is 2.00 bits per heavy atom. The summed E-state index contributed by atoms with van der Waals surface area (Å²) < 4.78 is 0. The lowest BCUT2D eigenvalue weighted by atomic mass is 10.1. The topological polar surface area (TPSA) is 95.5 Å². The quantitative estimate of drug-likeness (QED) is 0.646. The fourth-order valence-corrected chi connectivity index (χ4v) is 1.99. The zero-order valence-corrected chi connectivity index (χ0v) is 10.2. The van der Waals surface area contributed by atoms with Gasteiger partial charge in [-0.2, -0.15) is 0 Å². The number of ketones is 1. The number of rotatable bonds is 1. The highest BCUT2D eigenvalue weighted by Crippen LogP contribution is 2.21. The molecule has 0 spiro atoms. The van der Waals surface area contributed by atoms with Gasteiger partial charge in [-0.3, -0.25) is 14.4 Å². The van der Waals surface area contributed by atoms with Crippen LogP contribution in [0.1, 0.15) is 23.2 Å².